The van der Waals surface area contributed by atoms with Gasteiger partial charge in [0.25, 0.3) is 0 Å². The summed E-state index contributed by atoms with van der Waals surface area (Å²) < 4.78 is 14.8. The first-order valence-electron chi connectivity index (χ1n) is 5.54. The number of nitrogens with zero attached hydrogens (tertiary/aromatic N) is 1. The molecule has 0 aliphatic heterocycles. The van der Waals surface area contributed by atoms with Gasteiger partial charge in [0.2, 0.25) is 0 Å². The van der Waals surface area contributed by atoms with Gasteiger partial charge >= 0.3 is 6.03 Å². The first-order valence-corrected chi connectivity index (χ1v) is 5.91. The fraction of sp³-hybridized carbons (Fsp3) is 0.167. The molecule has 0 bridgehead atoms. The number of rotatable bonds is 4. The highest BCUT2D eigenvalue weighted by Crippen LogP contribution is 2.35. The number of carbonyl (C=O) groups is 1. The molecule has 106 valence electrons. The maximum atomic E-state index is 11.8. The van der Waals surface area contributed by atoms with Crippen LogP contribution in [0, 0.1) is 0 Å². The number of ether oxygens (including phenoxy) is 2. The molecule has 0 radical (unpaired) electrons. The van der Waals surface area contributed by atoms with E-state index in [2.05, 4.69) is 20.3 Å². The number of urea groups is 1. The molecule has 0 saturated heterocycles. The van der Waals surface area contributed by atoms with Crippen molar-refractivity contribution < 1.29 is 18.8 Å². The van der Waals surface area contributed by atoms with E-state index in [-0.39, 0.29) is 0 Å². The molecule has 8 heteroatoms. The summed E-state index contributed by atoms with van der Waals surface area (Å²) in [4.78, 5) is 11.8. The number of hydrogen-bond acceptors (Lipinski definition) is 5. The van der Waals surface area contributed by atoms with E-state index in [9.17, 15) is 4.79 Å². The van der Waals surface area contributed by atoms with Gasteiger partial charge in [-0.2, -0.15) is 0 Å². The molecule has 2 N–H and O–H groups in total. The number of hydrogen-bond donors (Lipinski definition) is 2. The average molecular weight is 298 g/mol. The number of nitrogens with one attached hydrogen (secondary N) is 2. The monoisotopic (exact) mass is 297 g/mol. The van der Waals surface area contributed by atoms with Crippen LogP contribution in [0.1, 0.15) is 0 Å². The van der Waals surface area contributed by atoms with Crippen molar-refractivity contribution in [3.8, 4) is 11.5 Å². The first kappa shape index (κ1) is 14.0. The van der Waals surface area contributed by atoms with E-state index in [0.29, 0.717) is 28.0 Å². The minimum absolute atomic E-state index is 0.294. The zero-order valence-electron chi connectivity index (χ0n) is 10.8. The lowest BCUT2D eigenvalue weighted by atomic mass is 10.2. The highest BCUT2D eigenvalue weighted by atomic mass is 35.5. The van der Waals surface area contributed by atoms with Gasteiger partial charge in [-0.15, -0.1) is 0 Å². The zero-order valence-corrected chi connectivity index (χ0v) is 11.5. The predicted octanol–water partition coefficient (Wildman–Crippen LogP) is 2.99. The Hall–Kier alpha value is -2.41. The van der Waals surface area contributed by atoms with E-state index in [1.165, 1.54) is 26.5 Å². The Morgan fingerprint density at radius 1 is 1.25 bits per heavy atom. The Balaban J connectivity index is 2.17. The maximum absolute atomic E-state index is 11.8. The molecule has 0 saturated carbocycles. The number of methoxy groups -OCH3 is 2. The quantitative estimate of drug-likeness (QED) is 0.906. The molecule has 0 aliphatic carbocycles. The summed E-state index contributed by atoms with van der Waals surface area (Å²) >= 11 is 5.98. The second kappa shape index (κ2) is 6.16. The molecule has 0 unspecified atom stereocenters. The van der Waals surface area contributed by atoms with Crippen molar-refractivity contribution >= 4 is 29.1 Å². The lowest BCUT2D eigenvalue weighted by Crippen LogP contribution is -2.20. The fourth-order valence-corrected chi connectivity index (χ4v) is 1.74. The van der Waals surface area contributed by atoms with Crippen LogP contribution in [0.25, 0.3) is 0 Å². The summed E-state index contributed by atoms with van der Waals surface area (Å²) in [6.07, 6.45) is 1.35. The van der Waals surface area contributed by atoms with E-state index in [1.807, 2.05) is 0 Å². The van der Waals surface area contributed by atoms with Crippen molar-refractivity contribution in [3.63, 3.8) is 0 Å². The lowest BCUT2D eigenvalue weighted by molar-refractivity contribution is 0.261. The Bertz CT molecular complexity index is 601. The normalized spacial score (nSPS) is 9.95. The number of benzene rings is 1. The van der Waals surface area contributed by atoms with Crippen LogP contribution in [0.5, 0.6) is 11.5 Å². The number of carbonyl (C=O) groups excluding carboxylic acids is 1. The number of anilines is 2. The van der Waals surface area contributed by atoms with Crippen molar-refractivity contribution in [3.05, 3.63) is 29.5 Å². The van der Waals surface area contributed by atoms with E-state index < -0.39 is 6.03 Å². The third-order valence-corrected chi connectivity index (χ3v) is 2.70. The van der Waals surface area contributed by atoms with E-state index in [4.69, 9.17) is 21.1 Å². The fourth-order valence-electron chi connectivity index (χ4n) is 1.51. The van der Waals surface area contributed by atoms with E-state index in [1.54, 1.807) is 12.1 Å². The van der Waals surface area contributed by atoms with Gasteiger partial charge in [0.1, 0.15) is 17.8 Å². The lowest BCUT2D eigenvalue weighted by Gasteiger charge is -2.13. The molecule has 1 aromatic heterocycles. The van der Waals surface area contributed by atoms with E-state index >= 15 is 0 Å². The van der Waals surface area contributed by atoms with Crippen LogP contribution < -0.4 is 20.1 Å². The van der Waals surface area contributed by atoms with Crippen LogP contribution in [0.3, 0.4) is 0 Å². The molecule has 0 fully saturated rings. The third-order valence-electron chi connectivity index (χ3n) is 2.40. The number of aromatic nitrogens is 1. The summed E-state index contributed by atoms with van der Waals surface area (Å²) in [5, 5.41) is 9.04. The maximum Gasteiger partial charge on any atom is 0.325 e. The summed E-state index contributed by atoms with van der Waals surface area (Å²) in [5.74, 6) is 1.12. The predicted molar refractivity (Wildman–Crippen MR) is 73.7 cm³/mol. The molecular formula is C12H12ClN3O4. The van der Waals surface area contributed by atoms with Gasteiger partial charge in [0.05, 0.1) is 24.9 Å². The minimum Gasteiger partial charge on any atom is -0.495 e. The molecule has 1 aromatic carbocycles. The highest BCUT2D eigenvalue weighted by molar-refractivity contribution is 6.32. The molecule has 2 aromatic rings. The van der Waals surface area contributed by atoms with Gasteiger partial charge < -0.3 is 19.3 Å². The van der Waals surface area contributed by atoms with Crippen molar-refractivity contribution in [2.24, 2.45) is 0 Å². The Morgan fingerprint density at radius 2 is 2.00 bits per heavy atom. The van der Waals surface area contributed by atoms with Crippen molar-refractivity contribution in [2.45, 2.75) is 0 Å². The van der Waals surface area contributed by atoms with Crippen LogP contribution in [-0.4, -0.2) is 25.4 Å². The SMILES string of the molecule is COc1cc(NC(=O)Nc2ccon2)c(OC)cc1Cl. The minimum atomic E-state index is -0.499. The Labute approximate surface area is 119 Å². The van der Waals surface area contributed by atoms with Gasteiger partial charge in [-0.3, -0.25) is 5.32 Å². The zero-order chi connectivity index (χ0) is 14.5. The number of amides is 2. The van der Waals surface area contributed by atoms with Crippen molar-refractivity contribution in [2.75, 3.05) is 24.9 Å². The van der Waals surface area contributed by atoms with Crippen LogP contribution in [-0.2, 0) is 0 Å². The molecule has 2 amide bonds. The third kappa shape index (κ3) is 3.12. The van der Waals surface area contributed by atoms with Gasteiger partial charge in [-0.25, -0.2) is 4.79 Å². The topological polar surface area (TPSA) is 85.6 Å². The smallest absolute Gasteiger partial charge is 0.325 e. The molecule has 0 atom stereocenters. The largest absolute Gasteiger partial charge is 0.495 e. The molecule has 20 heavy (non-hydrogen) atoms. The highest BCUT2D eigenvalue weighted by Gasteiger charge is 2.13. The van der Waals surface area contributed by atoms with Crippen molar-refractivity contribution in [1.29, 1.82) is 0 Å². The molecule has 2 rings (SSSR count). The summed E-state index contributed by atoms with van der Waals surface area (Å²) in [5.41, 5.74) is 0.412. The Morgan fingerprint density at radius 3 is 2.60 bits per heavy atom. The van der Waals surface area contributed by atoms with Gasteiger partial charge in [-0.1, -0.05) is 16.8 Å². The molecule has 7 nitrogen and oxygen atoms in total. The van der Waals surface area contributed by atoms with Gasteiger partial charge in [0.15, 0.2) is 5.82 Å². The second-order valence-corrected chi connectivity index (χ2v) is 4.06. The van der Waals surface area contributed by atoms with Crippen LogP contribution in [0.15, 0.2) is 29.0 Å². The average Bonchev–Trinajstić information content (AvgIpc) is 2.92. The summed E-state index contributed by atoms with van der Waals surface area (Å²) in [7, 11) is 2.95. The van der Waals surface area contributed by atoms with Crippen LogP contribution in [0.2, 0.25) is 5.02 Å². The van der Waals surface area contributed by atoms with Gasteiger partial charge in [-0.05, 0) is 0 Å². The van der Waals surface area contributed by atoms with Gasteiger partial charge in [0, 0.05) is 18.2 Å². The Kier molecular flexibility index (Phi) is 4.31. The standard InChI is InChI=1S/C12H12ClN3O4/c1-18-9-6-8(10(19-2)5-7(9)13)14-12(17)15-11-3-4-20-16-11/h3-6H,1-2H3,(H2,14,15,16,17). The summed E-state index contributed by atoms with van der Waals surface area (Å²) in [6.45, 7) is 0. The van der Waals surface area contributed by atoms with E-state index in [0.717, 1.165) is 0 Å². The first-order chi connectivity index (χ1) is 9.63. The summed E-state index contributed by atoms with van der Waals surface area (Å²) in [6, 6.07) is 4.12. The molecule has 0 aliphatic rings. The molecule has 0 spiro atoms. The number of halogens is 1. The van der Waals surface area contributed by atoms with Crippen molar-refractivity contribution in [1.82, 2.24) is 5.16 Å². The molecule has 1 heterocycles. The molecular weight excluding hydrogens is 286 g/mol. The second-order valence-electron chi connectivity index (χ2n) is 3.65. The van der Waals surface area contributed by atoms with Crippen LogP contribution >= 0.6 is 11.6 Å². The van der Waals surface area contributed by atoms with Crippen LogP contribution in [0.4, 0.5) is 16.3 Å².